The summed E-state index contributed by atoms with van der Waals surface area (Å²) in [6.45, 7) is 0.573. The summed E-state index contributed by atoms with van der Waals surface area (Å²) < 4.78 is 2.61. The maximum atomic E-state index is 12.5. The van der Waals surface area contributed by atoms with Crippen LogP contribution < -0.4 is 10.2 Å². The Kier molecular flexibility index (Phi) is 3.53. The third-order valence-corrected chi connectivity index (χ3v) is 4.90. The normalized spacial score (nSPS) is 17.6. The first kappa shape index (κ1) is 14.8. The van der Waals surface area contributed by atoms with Crippen molar-refractivity contribution in [3.05, 3.63) is 41.7 Å². The van der Waals surface area contributed by atoms with Gasteiger partial charge in [0, 0.05) is 25.4 Å². The van der Waals surface area contributed by atoms with Crippen LogP contribution in [0.5, 0.6) is 0 Å². The predicted molar refractivity (Wildman–Crippen MR) is 91.1 cm³/mol. The second-order valence-corrected chi connectivity index (χ2v) is 6.60. The Bertz CT molecular complexity index is 931. The van der Waals surface area contributed by atoms with E-state index >= 15 is 0 Å². The van der Waals surface area contributed by atoms with Crippen molar-refractivity contribution in [3.8, 4) is 0 Å². The molecule has 2 amide bonds. The number of nitrogens with zero attached hydrogens (tertiary/aromatic N) is 4. The molecule has 1 atom stereocenters. The molecule has 0 saturated carbocycles. The van der Waals surface area contributed by atoms with Crippen molar-refractivity contribution in [2.45, 2.75) is 12.5 Å². The maximum Gasteiger partial charge on any atom is 0.251 e. The van der Waals surface area contributed by atoms with Crippen LogP contribution in [-0.2, 0) is 11.8 Å². The zero-order valence-electron chi connectivity index (χ0n) is 13.0. The Morgan fingerprint density at radius 1 is 1.42 bits per heavy atom. The lowest BCUT2D eigenvalue weighted by molar-refractivity contribution is -0.118. The van der Waals surface area contributed by atoms with Crippen LogP contribution in [0.2, 0.25) is 0 Å². The van der Waals surface area contributed by atoms with E-state index in [0.29, 0.717) is 18.5 Å². The van der Waals surface area contributed by atoms with Crippen molar-refractivity contribution >= 4 is 39.1 Å². The molecule has 2 aromatic heterocycles. The Balaban J connectivity index is 1.48. The molecule has 1 fully saturated rings. The summed E-state index contributed by atoms with van der Waals surface area (Å²) in [7, 11) is 1.80. The third kappa shape index (κ3) is 2.54. The Morgan fingerprint density at radius 2 is 2.29 bits per heavy atom. The van der Waals surface area contributed by atoms with E-state index in [4.69, 9.17) is 0 Å². The summed E-state index contributed by atoms with van der Waals surface area (Å²) >= 11 is 1.49. The number of thiazole rings is 1. The highest BCUT2D eigenvalue weighted by molar-refractivity contribution is 7.16. The fourth-order valence-corrected chi connectivity index (χ4v) is 3.57. The molecule has 3 aromatic rings. The summed E-state index contributed by atoms with van der Waals surface area (Å²) in [5, 5.41) is 6.92. The van der Waals surface area contributed by atoms with Crippen molar-refractivity contribution in [1.82, 2.24) is 20.1 Å². The molecule has 4 rings (SSSR count). The van der Waals surface area contributed by atoms with Gasteiger partial charge in [-0.2, -0.15) is 5.10 Å². The molecule has 0 aliphatic carbocycles. The van der Waals surface area contributed by atoms with Crippen molar-refractivity contribution in [3.63, 3.8) is 0 Å². The SMILES string of the molecule is Cn1cc(N2CC[C@@H](NC(=O)c3ccc4ncsc4c3)C2=O)cn1. The van der Waals surface area contributed by atoms with Gasteiger partial charge < -0.3 is 10.2 Å². The summed E-state index contributed by atoms with van der Waals surface area (Å²) in [6.07, 6.45) is 4.03. The molecule has 1 aliphatic rings. The molecule has 1 aliphatic heterocycles. The van der Waals surface area contributed by atoms with E-state index in [1.54, 1.807) is 46.7 Å². The van der Waals surface area contributed by atoms with Gasteiger partial charge >= 0.3 is 0 Å². The summed E-state index contributed by atoms with van der Waals surface area (Å²) in [5.41, 5.74) is 3.92. The van der Waals surface area contributed by atoms with Crippen LogP contribution in [0.1, 0.15) is 16.8 Å². The third-order valence-electron chi connectivity index (χ3n) is 4.11. The topological polar surface area (TPSA) is 80.1 Å². The largest absolute Gasteiger partial charge is 0.340 e. The predicted octanol–water partition coefficient (Wildman–Crippen LogP) is 1.57. The number of anilines is 1. The van der Waals surface area contributed by atoms with Crippen molar-refractivity contribution in [2.75, 3.05) is 11.4 Å². The number of benzene rings is 1. The second-order valence-electron chi connectivity index (χ2n) is 5.71. The van der Waals surface area contributed by atoms with Gasteiger partial charge in [0.25, 0.3) is 5.91 Å². The second kappa shape index (κ2) is 5.72. The quantitative estimate of drug-likeness (QED) is 0.784. The van der Waals surface area contributed by atoms with Gasteiger partial charge in [0.1, 0.15) is 6.04 Å². The summed E-state index contributed by atoms with van der Waals surface area (Å²) in [5.74, 6) is -0.341. The van der Waals surface area contributed by atoms with Gasteiger partial charge in [-0.25, -0.2) is 4.98 Å². The van der Waals surface area contributed by atoms with E-state index in [1.807, 2.05) is 6.07 Å². The number of carbonyl (C=O) groups is 2. The molecule has 8 heteroatoms. The molecule has 0 unspecified atom stereocenters. The minimum absolute atomic E-state index is 0.102. The first-order valence-corrected chi connectivity index (χ1v) is 8.44. The summed E-state index contributed by atoms with van der Waals surface area (Å²) in [6, 6.07) is 4.85. The van der Waals surface area contributed by atoms with Gasteiger partial charge in [-0.15, -0.1) is 11.3 Å². The molecule has 0 radical (unpaired) electrons. The molecular formula is C16H15N5O2S. The van der Waals surface area contributed by atoms with E-state index in [-0.39, 0.29) is 11.8 Å². The van der Waals surface area contributed by atoms with E-state index in [9.17, 15) is 9.59 Å². The number of carbonyl (C=O) groups excluding carboxylic acids is 2. The molecule has 3 heterocycles. The highest BCUT2D eigenvalue weighted by atomic mass is 32.1. The Hall–Kier alpha value is -2.74. The molecule has 0 spiro atoms. The van der Waals surface area contributed by atoms with Gasteiger partial charge in [-0.3, -0.25) is 14.3 Å². The minimum atomic E-state index is -0.505. The van der Waals surface area contributed by atoms with Gasteiger partial charge in [-0.05, 0) is 24.6 Å². The smallest absolute Gasteiger partial charge is 0.251 e. The van der Waals surface area contributed by atoms with Crippen LogP contribution in [0.3, 0.4) is 0 Å². The van der Waals surface area contributed by atoms with Crippen LogP contribution >= 0.6 is 11.3 Å². The van der Waals surface area contributed by atoms with Crippen LogP contribution in [0, 0.1) is 0 Å². The van der Waals surface area contributed by atoms with E-state index in [1.165, 1.54) is 11.3 Å². The van der Waals surface area contributed by atoms with Crippen LogP contribution in [0.25, 0.3) is 10.2 Å². The van der Waals surface area contributed by atoms with E-state index in [0.717, 1.165) is 15.9 Å². The lowest BCUT2D eigenvalue weighted by Gasteiger charge is -2.15. The first-order valence-electron chi connectivity index (χ1n) is 7.56. The molecule has 1 N–H and O–H groups in total. The first-order chi connectivity index (χ1) is 11.6. The number of hydrogen-bond donors (Lipinski definition) is 1. The zero-order valence-corrected chi connectivity index (χ0v) is 13.8. The lowest BCUT2D eigenvalue weighted by Crippen LogP contribution is -2.41. The summed E-state index contributed by atoms with van der Waals surface area (Å²) in [4.78, 5) is 30.8. The monoisotopic (exact) mass is 341 g/mol. The van der Waals surface area contributed by atoms with Crippen LogP contribution in [-0.4, -0.2) is 39.2 Å². The highest BCUT2D eigenvalue weighted by Crippen LogP contribution is 2.22. The van der Waals surface area contributed by atoms with Gasteiger partial charge in [0.05, 0.1) is 27.6 Å². The molecule has 1 saturated heterocycles. The molecule has 0 bridgehead atoms. The van der Waals surface area contributed by atoms with Crippen molar-refractivity contribution in [1.29, 1.82) is 0 Å². The molecule has 122 valence electrons. The molecule has 24 heavy (non-hydrogen) atoms. The number of hydrogen-bond acceptors (Lipinski definition) is 5. The van der Waals surface area contributed by atoms with Crippen molar-refractivity contribution < 1.29 is 9.59 Å². The highest BCUT2D eigenvalue weighted by Gasteiger charge is 2.34. The van der Waals surface area contributed by atoms with E-state index in [2.05, 4.69) is 15.4 Å². The number of aryl methyl sites for hydroxylation is 1. The van der Waals surface area contributed by atoms with Gasteiger partial charge in [0.15, 0.2) is 0 Å². The number of aromatic nitrogens is 3. The lowest BCUT2D eigenvalue weighted by atomic mass is 10.1. The van der Waals surface area contributed by atoms with Crippen LogP contribution in [0.4, 0.5) is 5.69 Å². The number of fused-ring (bicyclic) bond motifs is 1. The number of amides is 2. The average Bonchev–Trinajstić information content (AvgIpc) is 3.28. The fraction of sp³-hybridized carbons (Fsp3) is 0.250. The van der Waals surface area contributed by atoms with Gasteiger partial charge in [-0.1, -0.05) is 0 Å². The number of nitrogens with one attached hydrogen (secondary N) is 1. The van der Waals surface area contributed by atoms with Gasteiger partial charge in [0.2, 0.25) is 5.91 Å². The molecular weight excluding hydrogens is 326 g/mol. The zero-order chi connectivity index (χ0) is 16.7. The minimum Gasteiger partial charge on any atom is -0.340 e. The van der Waals surface area contributed by atoms with E-state index < -0.39 is 6.04 Å². The fourth-order valence-electron chi connectivity index (χ4n) is 2.86. The molecule has 1 aromatic carbocycles. The maximum absolute atomic E-state index is 12.5. The molecule has 7 nitrogen and oxygen atoms in total. The standard InChI is InChI=1S/C16H15N5O2S/c1-20-8-11(7-18-20)21-5-4-13(16(21)23)19-15(22)10-2-3-12-14(6-10)24-9-17-12/h2-3,6-9,13H,4-5H2,1H3,(H,19,22)/t13-/m1/s1. The van der Waals surface area contributed by atoms with Crippen molar-refractivity contribution in [2.24, 2.45) is 7.05 Å². The Morgan fingerprint density at radius 3 is 3.08 bits per heavy atom. The Labute approximate surface area is 141 Å². The number of rotatable bonds is 3. The van der Waals surface area contributed by atoms with Crippen LogP contribution in [0.15, 0.2) is 36.1 Å². The average molecular weight is 341 g/mol.